The molecule has 116 valence electrons. The van der Waals surface area contributed by atoms with Gasteiger partial charge in [0.15, 0.2) is 0 Å². The highest BCUT2D eigenvalue weighted by molar-refractivity contribution is 6.06. The molecule has 0 spiro atoms. The normalized spacial score (nSPS) is 10.7. The van der Waals surface area contributed by atoms with Crippen molar-refractivity contribution in [1.29, 1.82) is 0 Å². The Kier molecular flexibility index (Phi) is 3.93. The summed E-state index contributed by atoms with van der Waals surface area (Å²) in [6, 6.07) is 11.2. The van der Waals surface area contributed by atoms with Gasteiger partial charge in [-0.05, 0) is 18.6 Å². The van der Waals surface area contributed by atoms with Crippen LogP contribution in [-0.4, -0.2) is 22.1 Å². The van der Waals surface area contributed by atoms with Crippen LogP contribution in [0.2, 0.25) is 0 Å². The monoisotopic (exact) mass is 308 g/mol. The van der Waals surface area contributed by atoms with E-state index in [4.69, 9.17) is 4.74 Å². The Morgan fingerprint density at radius 3 is 2.61 bits per heavy atom. The maximum atomic E-state index is 12.6. The summed E-state index contributed by atoms with van der Waals surface area (Å²) in [5.74, 6) is -0.510. The van der Waals surface area contributed by atoms with Gasteiger partial charge >= 0.3 is 5.97 Å². The molecular weight excluding hydrogens is 292 g/mol. The van der Waals surface area contributed by atoms with Gasteiger partial charge in [-0.1, -0.05) is 30.3 Å². The Balaban J connectivity index is 2.47. The lowest BCUT2D eigenvalue weighted by Crippen LogP contribution is -2.26. The van der Waals surface area contributed by atoms with Gasteiger partial charge in [-0.2, -0.15) is 0 Å². The van der Waals surface area contributed by atoms with Crippen molar-refractivity contribution in [3.63, 3.8) is 0 Å². The van der Waals surface area contributed by atoms with E-state index < -0.39 is 5.97 Å². The summed E-state index contributed by atoms with van der Waals surface area (Å²) in [6.07, 6.45) is 3.14. The smallest absolute Gasteiger partial charge is 0.355 e. The molecule has 5 heteroatoms. The molecule has 0 atom stereocenters. The van der Waals surface area contributed by atoms with Crippen LogP contribution in [0, 0.1) is 0 Å². The molecular formula is C18H16N2O3. The van der Waals surface area contributed by atoms with E-state index in [0.717, 1.165) is 5.56 Å². The van der Waals surface area contributed by atoms with Crippen molar-refractivity contribution in [2.75, 3.05) is 6.61 Å². The molecule has 23 heavy (non-hydrogen) atoms. The molecule has 0 unspecified atom stereocenters. The van der Waals surface area contributed by atoms with E-state index in [0.29, 0.717) is 16.3 Å². The first kappa shape index (κ1) is 15.0. The van der Waals surface area contributed by atoms with Gasteiger partial charge in [0.25, 0.3) is 5.56 Å². The second-order valence-electron chi connectivity index (χ2n) is 5.10. The molecule has 5 nitrogen and oxygen atoms in total. The first-order valence-corrected chi connectivity index (χ1v) is 7.34. The molecule has 1 aromatic carbocycles. The Morgan fingerprint density at radius 1 is 1.17 bits per heavy atom. The van der Waals surface area contributed by atoms with Crippen molar-refractivity contribution < 1.29 is 9.53 Å². The van der Waals surface area contributed by atoms with Crippen molar-refractivity contribution in [2.45, 2.75) is 6.92 Å². The minimum Gasteiger partial charge on any atom is -0.461 e. The number of esters is 1. The lowest BCUT2D eigenvalue weighted by atomic mass is 9.98. The molecule has 0 aliphatic carbocycles. The summed E-state index contributed by atoms with van der Waals surface area (Å²) >= 11 is 0. The molecule has 0 saturated heterocycles. The maximum absolute atomic E-state index is 12.6. The molecule has 3 rings (SSSR count). The highest BCUT2D eigenvalue weighted by Gasteiger charge is 2.22. The van der Waals surface area contributed by atoms with Crippen LogP contribution in [0.5, 0.6) is 0 Å². The van der Waals surface area contributed by atoms with Crippen molar-refractivity contribution >= 4 is 16.7 Å². The number of rotatable bonds is 3. The maximum Gasteiger partial charge on any atom is 0.355 e. The summed E-state index contributed by atoms with van der Waals surface area (Å²) in [6.45, 7) is 1.98. The summed E-state index contributed by atoms with van der Waals surface area (Å²) in [4.78, 5) is 29.0. The number of hydrogen-bond acceptors (Lipinski definition) is 4. The predicted octanol–water partition coefficient (Wildman–Crippen LogP) is 2.78. The SMILES string of the molecule is CCOC(=O)c1c(-c2ccccc2)c2ccncc2c(=O)n1C. The largest absolute Gasteiger partial charge is 0.461 e. The number of pyridine rings is 2. The first-order valence-electron chi connectivity index (χ1n) is 7.34. The van der Waals surface area contributed by atoms with Crippen molar-refractivity contribution in [1.82, 2.24) is 9.55 Å². The number of carbonyl (C=O) groups excluding carboxylic acids is 1. The fraction of sp³-hybridized carbons (Fsp3) is 0.167. The third-order valence-electron chi connectivity index (χ3n) is 3.73. The van der Waals surface area contributed by atoms with E-state index in [1.807, 2.05) is 30.3 Å². The third-order valence-corrected chi connectivity index (χ3v) is 3.73. The van der Waals surface area contributed by atoms with Gasteiger partial charge in [0.2, 0.25) is 0 Å². The van der Waals surface area contributed by atoms with Crippen molar-refractivity contribution in [2.24, 2.45) is 7.05 Å². The molecule has 0 amide bonds. The number of ether oxygens (including phenoxy) is 1. The van der Waals surface area contributed by atoms with Crippen molar-refractivity contribution in [3.8, 4) is 11.1 Å². The molecule has 0 N–H and O–H groups in total. The topological polar surface area (TPSA) is 61.2 Å². The fourth-order valence-corrected chi connectivity index (χ4v) is 2.70. The molecule has 0 bridgehead atoms. The number of aromatic nitrogens is 2. The number of benzene rings is 1. The van der Waals surface area contributed by atoms with E-state index in [2.05, 4.69) is 4.98 Å². The Hall–Kier alpha value is -2.95. The van der Waals surface area contributed by atoms with Gasteiger partial charge in [0.1, 0.15) is 5.69 Å². The molecule has 0 aliphatic rings. The third kappa shape index (κ3) is 2.50. The summed E-state index contributed by atoms with van der Waals surface area (Å²) < 4.78 is 6.50. The Labute approximate surface area is 133 Å². The van der Waals surface area contributed by atoms with Crippen LogP contribution >= 0.6 is 0 Å². The number of carbonyl (C=O) groups is 1. The van der Waals surface area contributed by atoms with Crippen LogP contribution < -0.4 is 5.56 Å². The second-order valence-corrected chi connectivity index (χ2v) is 5.10. The lowest BCUT2D eigenvalue weighted by molar-refractivity contribution is 0.0515. The van der Waals surface area contributed by atoms with Crippen LogP contribution in [0.3, 0.4) is 0 Å². The molecule has 3 aromatic rings. The molecule has 0 radical (unpaired) electrons. The quantitative estimate of drug-likeness (QED) is 0.698. The van der Waals surface area contributed by atoms with E-state index in [-0.39, 0.29) is 17.9 Å². The minimum absolute atomic E-state index is 0.246. The number of nitrogens with zero attached hydrogens (tertiary/aromatic N) is 2. The van der Waals surface area contributed by atoms with Gasteiger partial charge in [-0.3, -0.25) is 9.78 Å². The van der Waals surface area contributed by atoms with Gasteiger partial charge in [0, 0.05) is 30.4 Å². The zero-order chi connectivity index (χ0) is 16.4. The van der Waals surface area contributed by atoms with Crippen LogP contribution in [0.25, 0.3) is 21.9 Å². The van der Waals surface area contributed by atoms with Crippen LogP contribution in [0.4, 0.5) is 0 Å². The molecule has 2 aromatic heterocycles. The van der Waals surface area contributed by atoms with Crippen LogP contribution in [0.1, 0.15) is 17.4 Å². The molecule has 2 heterocycles. The molecule has 0 fully saturated rings. The van der Waals surface area contributed by atoms with Crippen LogP contribution in [0.15, 0.2) is 53.6 Å². The zero-order valence-corrected chi connectivity index (χ0v) is 12.9. The highest BCUT2D eigenvalue weighted by Crippen LogP contribution is 2.30. The van der Waals surface area contributed by atoms with E-state index in [1.165, 1.54) is 10.8 Å². The van der Waals surface area contributed by atoms with E-state index in [9.17, 15) is 9.59 Å². The van der Waals surface area contributed by atoms with E-state index in [1.54, 1.807) is 26.2 Å². The standard InChI is InChI=1S/C18H16N2O3/c1-3-23-18(22)16-15(12-7-5-4-6-8-12)13-9-10-19-11-14(13)17(21)20(16)2/h4-11H,3H2,1-2H3. The Morgan fingerprint density at radius 2 is 1.91 bits per heavy atom. The van der Waals surface area contributed by atoms with E-state index >= 15 is 0 Å². The lowest BCUT2D eigenvalue weighted by Gasteiger charge is -2.16. The minimum atomic E-state index is -0.510. The van der Waals surface area contributed by atoms with Crippen LogP contribution in [-0.2, 0) is 11.8 Å². The van der Waals surface area contributed by atoms with Gasteiger partial charge in [-0.15, -0.1) is 0 Å². The highest BCUT2D eigenvalue weighted by atomic mass is 16.5. The summed E-state index contributed by atoms with van der Waals surface area (Å²) in [7, 11) is 1.58. The summed E-state index contributed by atoms with van der Waals surface area (Å²) in [5, 5.41) is 1.17. The fourth-order valence-electron chi connectivity index (χ4n) is 2.70. The Bertz CT molecular complexity index is 930. The predicted molar refractivity (Wildman–Crippen MR) is 88.4 cm³/mol. The average Bonchev–Trinajstić information content (AvgIpc) is 2.58. The number of hydrogen-bond donors (Lipinski definition) is 0. The second kappa shape index (κ2) is 6.04. The van der Waals surface area contributed by atoms with Gasteiger partial charge in [-0.25, -0.2) is 4.79 Å². The van der Waals surface area contributed by atoms with Crippen molar-refractivity contribution in [3.05, 3.63) is 64.8 Å². The zero-order valence-electron chi connectivity index (χ0n) is 12.9. The summed E-state index contributed by atoms with van der Waals surface area (Å²) in [5.41, 5.74) is 1.52. The molecule has 0 aliphatic heterocycles. The van der Waals surface area contributed by atoms with Gasteiger partial charge < -0.3 is 9.30 Å². The average molecular weight is 308 g/mol. The first-order chi connectivity index (χ1) is 11.1. The van der Waals surface area contributed by atoms with Gasteiger partial charge in [0.05, 0.1) is 12.0 Å². The number of fused-ring (bicyclic) bond motifs is 1. The molecule has 0 saturated carbocycles.